The Labute approximate surface area is 98.9 Å². The molecule has 2 aromatic rings. The van der Waals surface area contributed by atoms with Gasteiger partial charge in [0.05, 0.1) is 0 Å². The zero-order valence-electron chi connectivity index (χ0n) is 9.18. The third-order valence-electron chi connectivity index (χ3n) is 2.34. The number of aromatic amines is 1. The molecule has 4 nitrogen and oxygen atoms in total. The van der Waals surface area contributed by atoms with E-state index < -0.39 is 0 Å². The number of hydrogen-bond donors (Lipinski definition) is 2. The van der Waals surface area contributed by atoms with E-state index in [0.717, 1.165) is 5.69 Å². The van der Waals surface area contributed by atoms with Crippen LogP contribution < -0.4 is 10.3 Å². The molecule has 1 aromatic carbocycles. The van der Waals surface area contributed by atoms with Gasteiger partial charge in [-0.15, -0.1) is 0 Å². The number of nitrogens with one attached hydrogen (secondary N) is 2. The summed E-state index contributed by atoms with van der Waals surface area (Å²) in [7, 11) is 0. The molecule has 2 rings (SSSR count). The zero-order valence-corrected chi connectivity index (χ0v) is 9.18. The maximum atomic E-state index is 11.7. The van der Waals surface area contributed by atoms with Crippen LogP contribution in [0.3, 0.4) is 0 Å². The number of aromatic hydroxyl groups is 1. The van der Waals surface area contributed by atoms with Crippen molar-refractivity contribution in [3.63, 3.8) is 0 Å². The van der Waals surface area contributed by atoms with Gasteiger partial charge in [-0.25, -0.2) is 4.98 Å². The number of hydrogen-bond acceptors (Lipinski definition) is 2. The van der Waals surface area contributed by atoms with Crippen molar-refractivity contribution in [1.29, 1.82) is 0 Å². The molecule has 0 saturated carbocycles. The number of carbonyl (C=O) groups excluding carboxylic acids is 1. The molecule has 1 heterocycles. The largest absolute Gasteiger partial charge is 0.508 e. The Hall–Kier alpha value is -2.36. The Morgan fingerprint density at radius 3 is 2.59 bits per heavy atom. The Balaban J connectivity index is 1.96. The number of benzene rings is 1. The van der Waals surface area contributed by atoms with E-state index in [1.54, 1.807) is 12.1 Å². The van der Waals surface area contributed by atoms with Crippen molar-refractivity contribution in [2.45, 2.75) is 6.54 Å². The number of H-pyrrole nitrogens is 1. The second kappa shape index (κ2) is 5.12. The molecule has 86 valence electrons. The van der Waals surface area contributed by atoms with Gasteiger partial charge in [0.15, 0.2) is 11.9 Å². The molecule has 17 heavy (non-hydrogen) atoms. The number of phenols is 1. The fourth-order valence-electron chi connectivity index (χ4n) is 1.43. The summed E-state index contributed by atoms with van der Waals surface area (Å²) < 4.78 is 0. The minimum Gasteiger partial charge on any atom is -0.508 e. The van der Waals surface area contributed by atoms with Crippen LogP contribution in [0.5, 0.6) is 5.75 Å². The molecule has 0 spiro atoms. The van der Waals surface area contributed by atoms with Crippen LogP contribution in [-0.2, 0) is 6.54 Å². The lowest BCUT2D eigenvalue weighted by Gasteiger charge is -2.02. The molecule has 0 saturated heterocycles. The van der Waals surface area contributed by atoms with Crippen molar-refractivity contribution in [2.75, 3.05) is 0 Å². The topological polar surface area (TPSA) is 63.5 Å². The summed E-state index contributed by atoms with van der Waals surface area (Å²) in [4.78, 5) is 14.8. The fraction of sp³-hybridized carbons (Fsp3) is 0.0769. The van der Waals surface area contributed by atoms with Gasteiger partial charge in [-0.1, -0.05) is 6.07 Å². The molecular weight excluding hydrogens is 216 g/mol. The maximum absolute atomic E-state index is 11.7. The Bertz CT molecular complexity index is 495. The summed E-state index contributed by atoms with van der Waals surface area (Å²) in [5.41, 5.74) is 1.46. The molecule has 4 heteroatoms. The lowest BCUT2D eigenvalue weighted by Crippen LogP contribution is -2.26. The second-order valence-electron chi connectivity index (χ2n) is 3.62. The van der Waals surface area contributed by atoms with Gasteiger partial charge in [-0.05, 0) is 24.3 Å². The van der Waals surface area contributed by atoms with E-state index >= 15 is 0 Å². The lowest BCUT2D eigenvalue weighted by molar-refractivity contribution is -0.390. The molecule has 1 aromatic heterocycles. The average molecular weight is 229 g/mol. The number of aromatic nitrogens is 1. The van der Waals surface area contributed by atoms with Crippen LogP contribution in [-0.4, -0.2) is 11.0 Å². The predicted molar refractivity (Wildman–Crippen MR) is 62.3 cm³/mol. The van der Waals surface area contributed by atoms with Gasteiger partial charge in [0, 0.05) is 17.7 Å². The van der Waals surface area contributed by atoms with E-state index in [-0.39, 0.29) is 11.7 Å². The number of pyridine rings is 1. The van der Waals surface area contributed by atoms with Crippen LogP contribution in [0.15, 0.2) is 48.7 Å². The third kappa shape index (κ3) is 3.04. The summed E-state index contributed by atoms with van der Waals surface area (Å²) >= 11 is 0. The first-order chi connectivity index (χ1) is 8.25. The second-order valence-corrected chi connectivity index (χ2v) is 3.62. The Morgan fingerprint density at radius 1 is 1.18 bits per heavy atom. The molecule has 0 atom stereocenters. The average Bonchev–Trinajstić information content (AvgIpc) is 2.38. The molecule has 0 fully saturated rings. The molecule has 0 aliphatic heterocycles. The molecule has 0 radical (unpaired) electrons. The van der Waals surface area contributed by atoms with Crippen molar-refractivity contribution < 1.29 is 14.9 Å². The van der Waals surface area contributed by atoms with Gasteiger partial charge in [0.25, 0.3) is 5.91 Å². The molecule has 0 aliphatic carbocycles. The summed E-state index contributed by atoms with van der Waals surface area (Å²) in [5, 5.41) is 11.9. The lowest BCUT2D eigenvalue weighted by atomic mass is 10.2. The highest BCUT2D eigenvalue weighted by molar-refractivity contribution is 5.94. The zero-order chi connectivity index (χ0) is 12.1. The molecule has 3 N–H and O–H groups in total. The fourth-order valence-corrected chi connectivity index (χ4v) is 1.43. The number of amides is 1. The van der Waals surface area contributed by atoms with Gasteiger partial charge >= 0.3 is 0 Å². The van der Waals surface area contributed by atoms with Crippen LogP contribution in [0.25, 0.3) is 0 Å². The van der Waals surface area contributed by atoms with Crippen molar-refractivity contribution in [3.05, 3.63) is 59.9 Å². The highest BCUT2D eigenvalue weighted by Crippen LogP contribution is 2.09. The molecule has 0 aliphatic rings. The molecular formula is C13H13N2O2+. The summed E-state index contributed by atoms with van der Waals surface area (Å²) in [5.74, 6) is -0.0137. The van der Waals surface area contributed by atoms with Crippen molar-refractivity contribution in [3.8, 4) is 5.75 Å². The first-order valence-corrected chi connectivity index (χ1v) is 5.28. The summed E-state index contributed by atoms with van der Waals surface area (Å²) in [6, 6.07) is 11.8. The Morgan fingerprint density at radius 2 is 1.94 bits per heavy atom. The first kappa shape index (κ1) is 11.1. The highest BCUT2D eigenvalue weighted by Gasteiger charge is 2.06. The van der Waals surface area contributed by atoms with Crippen molar-refractivity contribution in [2.24, 2.45) is 0 Å². The van der Waals surface area contributed by atoms with Crippen molar-refractivity contribution >= 4 is 5.91 Å². The number of phenolic OH excluding ortho intramolecular Hbond substituents is 1. The predicted octanol–water partition coefficient (Wildman–Crippen LogP) is 1.14. The van der Waals surface area contributed by atoms with Crippen LogP contribution in [0.2, 0.25) is 0 Å². The van der Waals surface area contributed by atoms with Crippen LogP contribution in [0.1, 0.15) is 16.1 Å². The molecule has 0 unspecified atom stereocenters. The van der Waals surface area contributed by atoms with Gasteiger partial charge in [0.2, 0.25) is 0 Å². The minimum atomic E-state index is -0.165. The van der Waals surface area contributed by atoms with Crippen LogP contribution in [0.4, 0.5) is 0 Å². The minimum absolute atomic E-state index is 0.151. The third-order valence-corrected chi connectivity index (χ3v) is 2.34. The van der Waals surface area contributed by atoms with E-state index in [9.17, 15) is 4.79 Å². The molecule has 0 bridgehead atoms. The number of carbonyl (C=O) groups is 1. The quantitative estimate of drug-likeness (QED) is 0.828. The monoisotopic (exact) mass is 229 g/mol. The van der Waals surface area contributed by atoms with E-state index in [4.69, 9.17) is 5.11 Å². The van der Waals surface area contributed by atoms with Crippen LogP contribution >= 0.6 is 0 Å². The van der Waals surface area contributed by atoms with Gasteiger partial charge in [-0.2, -0.15) is 0 Å². The number of rotatable bonds is 3. The van der Waals surface area contributed by atoms with E-state index in [0.29, 0.717) is 12.1 Å². The van der Waals surface area contributed by atoms with Crippen molar-refractivity contribution in [1.82, 2.24) is 5.32 Å². The summed E-state index contributed by atoms with van der Waals surface area (Å²) in [6.07, 6.45) is 1.81. The summed E-state index contributed by atoms with van der Waals surface area (Å²) in [6.45, 7) is 0.445. The molecule has 1 amide bonds. The SMILES string of the molecule is O=C(NCc1cccc[nH+]1)c1ccc(O)cc1. The van der Waals surface area contributed by atoms with Gasteiger partial charge < -0.3 is 10.4 Å². The Kier molecular flexibility index (Phi) is 3.35. The van der Waals surface area contributed by atoms with Gasteiger partial charge in [-0.3, -0.25) is 4.79 Å². The van der Waals surface area contributed by atoms with E-state index in [1.165, 1.54) is 12.1 Å². The van der Waals surface area contributed by atoms with E-state index in [1.807, 2.05) is 24.4 Å². The van der Waals surface area contributed by atoms with Crippen LogP contribution in [0, 0.1) is 0 Å². The smallest absolute Gasteiger partial charge is 0.251 e. The standard InChI is InChI=1S/C13H12N2O2/c16-12-6-4-10(5-7-12)13(17)15-9-11-3-1-2-8-14-11/h1-8,16H,9H2,(H,15,17)/p+1. The maximum Gasteiger partial charge on any atom is 0.251 e. The highest BCUT2D eigenvalue weighted by atomic mass is 16.3. The van der Waals surface area contributed by atoms with Gasteiger partial charge in [0.1, 0.15) is 12.3 Å². The van der Waals surface area contributed by atoms with E-state index in [2.05, 4.69) is 10.3 Å². The first-order valence-electron chi connectivity index (χ1n) is 5.28. The normalized spacial score (nSPS) is 9.88.